The van der Waals surface area contributed by atoms with E-state index in [2.05, 4.69) is 15.2 Å². The lowest BCUT2D eigenvalue weighted by Gasteiger charge is -2.22. The molecule has 1 aliphatic heterocycles. The van der Waals surface area contributed by atoms with E-state index in [1.165, 1.54) is 11.8 Å². The molecule has 164 valence electrons. The summed E-state index contributed by atoms with van der Waals surface area (Å²) in [4.78, 5) is 25.2. The number of aromatic nitrogens is 3. The maximum atomic E-state index is 12.1. The molecule has 7 nitrogen and oxygen atoms in total. The van der Waals surface area contributed by atoms with Crippen molar-refractivity contribution in [2.45, 2.75) is 48.6 Å². The zero-order valence-corrected chi connectivity index (χ0v) is 19.8. The van der Waals surface area contributed by atoms with Gasteiger partial charge in [0.25, 0.3) is 0 Å². The summed E-state index contributed by atoms with van der Waals surface area (Å²) in [5, 5.41) is 3.97. The highest BCUT2D eigenvalue weighted by Crippen LogP contribution is 2.38. The molecule has 1 unspecified atom stereocenters. The Morgan fingerprint density at radius 3 is 2.84 bits per heavy atom. The molecular formula is C21H23Cl2N5O2S. The van der Waals surface area contributed by atoms with Gasteiger partial charge in [-0.2, -0.15) is 0 Å². The highest BCUT2D eigenvalue weighted by atomic mass is 35.5. The number of anilines is 1. The van der Waals surface area contributed by atoms with Gasteiger partial charge in [0.2, 0.25) is 5.95 Å². The molecule has 0 radical (unpaired) electrons. The van der Waals surface area contributed by atoms with E-state index in [1.807, 2.05) is 43.5 Å². The summed E-state index contributed by atoms with van der Waals surface area (Å²) in [7, 11) is 0. The summed E-state index contributed by atoms with van der Waals surface area (Å²) in [5.41, 5.74) is 0.265. The van der Waals surface area contributed by atoms with Crippen LogP contribution in [0.1, 0.15) is 27.2 Å². The molecule has 1 atom stereocenters. The molecule has 31 heavy (non-hydrogen) atoms. The highest BCUT2D eigenvalue weighted by Gasteiger charge is 2.28. The molecule has 0 spiro atoms. The van der Waals surface area contributed by atoms with E-state index >= 15 is 0 Å². The third kappa shape index (κ3) is 5.02. The number of nitrogens with one attached hydrogen (secondary N) is 1. The Balaban J connectivity index is 1.51. The number of amides is 1. The average Bonchev–Trinajstić information content (AvgIpc) is 3.34. The minimum Gasteiger partial charge on any atom is -0.444 e. The number of carbonyl (C=O) groups excluding carboxylic acids is 1. The molecule has 0 saturated carbocycles. The first-order valence-corrected chi connectivity index (χ1v) is 11.5. The second kappa shape index (κ2) is 8.76. The first-order valence-electron chi connectivity index (χ1n) is 9.89. The molecule has 2 aromatic heterocycles. The Morgan fingerprint density at radius 2 is 2.06 bits per heavy atom. The third-order valence-corrected chi connectivity index (χ3v) is 6.70. The molecular weight excluding hydrogens is 457 g/mol. The number of imidazole rings is 1. The number of hydrogen-bond donors (Lipinski definition) is 1. The van der Waals surface area contributed by atoms with Crippen molar-refractivity contribution in [2.24, 2.45) is 0 Å². The van der Waals surface area contributed by atoms with Crippen LogP contribution in [0.3, 0.4) is 0 Å². The smallest absolute Gasteiger partial charge is 0.407 e. The lowest BCUT2D eigenvalue weighted by Crippen LogP contribution is -2.40. The molecule has 0 bridgehead atoms. The summed E-state index contributed by atoms with van der Waals surface area (Å²) in [6.45, 7) is 6.97. The van der Waals surface area contributed by atoms with Crippen molar-refractivity contribution in [3.05, 3.63) is 46.8 Å². The van der Waals surface area contributed by atoms with Crippen LogP contribution in [0.5, 0.6) is 0 Å². The molecule has 1 amide bonds. The van der Waals surface area contributed by atoms with E-state index in [0.717, 1.165) is 34.4 Å². The highest BCUT2D eigenvalue weighted by molar-refractivity contribution is 7.99. The number of nitrogens with zero attached hydrogens (tertiary/aromatic N) is 4. The Morgan fingerprint density at radius 1 is 1.26 bits per heavy atom. The summed E-state index contributed by atoms with van der Waals surface area (Å²) >= 11 is 14.0. The van der Waals surface area contributed by atoms with Gasteiger partial charge in [0.1, 0.15) is 5.60 Å². The summed E-state index contributed by atoms with van der Waals surface area (Å²) < 4.78 is 7.32. The number of rotatable bonds is 4. The van der Waals surface area contributed by atoms with Gasteiger partial charge in [0.15, 0.2) is 5.65 Å². The van der Waals surface area contributed by atoms with Gasteiger partial charge < -0.3 is 15.0 Å². The topological polar surface area (TPSA) is 71.8 Å². The van der Waals surface area contributed by atoms with Crippen LogP contribution in [0.2, 0.25) is 10.0 Å². The predicted octanol–water partition coefficient (Wildman–Crippen LogP) is 5.29. The Kier molecular flexibility index (Phi) is 6.23. The van der Waals surface area contributed by atoms with Crippen LogP contribution in [0.4, 0.5) is 10.7 Å². The fraction of sp³-hybridized carbons (Fsp3) is 0.381. The third-order valence-electron chi connectivity index (χ3n) is 4.70. The maximum absolute atomic E-state index is 12.1. The lowest BCUT2D eigenvalue weighted by molar-refractivity contribution is 0.0509. The van der Waals surface area contributed by atoms with E-state index in [4.69, 9.17) is 32.9 Å². The van der Waals surface area contributed by atoms with Gasteiger partial charge in [-0.1, -0.05) is 41.0 Å². The normalized spacial score (nSPS) is 16.7. The van der Waals surface area contributed by atoms with Crippen molar-refractivity contribution in [1.29, 1.82) is 0 Å². The van der Waals surface area contributed by atoms with Crippen molar-refractivity contribution in [2.75, 3.05) is 18.0 Å². The molecule has 1 saturated heterocycles. The van der Waals surface area contributed by atoms with Crippen LogP contribution in [-0.4, -0.2) is 45.2 Å². The zero-order valence-electron chi connectivity index (χ0n) is 17.4. The summed E-state index contributed by atoms with van der Waals surface area (Å²) in [6, 6.07) is 5.53. The summed E-state index contributed by atoms with van der Waals surface area (Å²) in [6.07, 6.45) is 5.84. The number of benzene rings is 1. The van der Waals surface area contributed by atoms with E-state index in [9.17, 15) is 4.79 Å². The van der Waals surface area contributed by atoms with Gasteiger partial charge >= 0.3 is 6.09 Å². The van der Waals surface area contributed by atoms with Crippen molar-refractivity contribution < 1.29 is 9.53 Å². The van der Waals surface area contributed by atoms with Crippen LogP contribution < -0.4 is 10.2 Å². The lowest BCUT2D eigenvalue weighted by atomic mass is 10.2. The second-order valence-corrected chi connectivity index (χ2v) is 10.1. The standard InChI is InChI=1S/C21H23Cl2N5O2S/c1-21(2,3)30-20(29)26-13-7-9-27(12-13)19-25-11-16(18-24-8-10-28(18)19)31-15-6-4-5-14(22)17(15)23/h4-6,8,10-11,13H,7,9,12H2,1-3H3,(H,26,29). The van der Waals surface area contributed by atoms with Gasteiger partial charge in [-0.05, 0) is 39.3 Å². The molecule has 1 N–H and O–H groups in total. The predicted molar refractivity (Wildman–Crippen MR) is 124 cm³/mol. The van der Waals surface area contributed by atoms with Crippen molar-refractivity contribution in [3.63, 3.8) is 0 Å². The number of halogens is 2. The monoisotopic (exact) mass is 479 g/mol. The van der Waals surface area contributed by atoms with Crippen LogP contribution in [0, 0.1) is 0 Å². The van der Waals surface area contributed by atoms with Gasteiger partial charge in [-0.3, -0.25) is 4.40 Å². The molecule has 0 aliphatic carbocycles. The zero-order chi connectivity index (χ0) is 22.2. The first-order chi connectivity index (χ1) is 14.7. The minimum absolute atomic E-state index is 0.00506. The van der Waals surface area contributed by atoms with Gasteiger partial charge in [-0.25, -0.2) is 14.8 Å². The molecule has 1 aromatic carbocycles. The quantitative estimate of drug-likeness (QED) is 0.547. The largest absolute Gasteiger partial charge is 0.444 e. The van der Waals surface area contributed by atoms with Crippen molar-refractivity contribution >= 4 is 52.7 Å². The first kappa shape index (κ1) is 22.0. The molecule has 1 fully saturated rings. The van der Waals surface area contributed by atoms with Crippen LogP contribution in [-0.2, 0) is 4.74 Å². The van der Waals surface area contributed by atoms with E-state index in [1.54, 1.807) is 18.5 Å². The number of alkyl carbamates (subject to hydrolysis) is 1. The van der Waals surface area contributed by atoms with E-state index in [0.29, 0.717) is 16.6 Å². The van der Waals surface area contributed by atoms with Crippen LogP contribution in [0.15, 0.2) is 46.6 Å². The van der Waals surface area contributed by atoms with E-state index < -0.39 is 11.7 Å². The molecule has 1 aliphatic rings. The minimum atomic E-state index is -0.522. The van der Waals surface area contributed by atoms with Gasteiger partial charge in [0.05, 0.1) is 21.0 Å². The maximum Gasteiger partial charge on any atom is 0.407 e. The molecule has 10 heteroatoms. The fourth-order valence-electron chi connectivity index (χ4n) is 3.40. The second-order valence-electron chi connectivity index (χ2n) is 8.28. The fourth-order valence-corrected chi connectivity index (χ4v) is 4.81. The number of fused-ring (bicyclic) bond motifs is 1. The Bertz CT molecular complexity index is 1110. The van der Waals surface area contributed by atoms with Crippen LogP contribution >= 0.6 is 35.0 Å². The average molecular weight is 480 g/mol. The number of carbonyl (C=O) groups is 1. The van der Waals surface area contributed by atoms with Gasteiger partial charge in [0, 0.05) is 36.6 Å². The summed E-state index contributed by atoms with van der Waals surface area (Å²) in [5.74, 6) is 0.780. The molecule has 3 heterocycles. The molecule has 4 rings (SSSR count). The Labute approximate surface area is 195 Å². The number of hydrogen-bond acceptors (Lipinski definition) is 6. The SMILES string of the molecule is CC(C)(C)OC(=O)NC1CCN(c2ncc(Sc3cccc(Cl)c3Cl)c3nccn23)C1. The van der Waals surface area contributed by atoms with Crippen molar-refractivity contribution in [1.82, 2.24) is 19.7 Å². The van der Waals surface area contributed by atoms with Crippen LogP contribution in [0.25, 0.3) is 5.65 Å². The Hall–Kier alpha value is -2.16. The van der Waals surface area contributed by atoms with Crippen molar-refractivity contribution in [3.8, 4) is 0 Å². The van der Waals surface area contributed by atoms with E-state index in [-0.39, 0.29) is 6.04 Å². The van der Waals surface area contributed by atoms with Gasteiger partial charge in [-0.15, -0.1) is 0 Å². The molecule has 3 aromatic rings. The number of ether oxygens (including phenoxy) is 1.